The van der Waals surface area contributed by atoms with Gasteiger partial charge >= 0.3 is 11.8 Å². The molecule has 8 nitrogen and oxygen atoms in total. The van der Waals surface area contributed by atoms with Crippen molar-refractivity contribution in [1.82, 2.24) is 5.43 Å². The molecule has 142 valence electrons. The number of carbonyl (C=O) groups excluding carboxylic acids is 2. The van der Waals surface area contributed by atoms with Gasteiger partial charge < -0.3 is 19.5 Å². The number of hydrogen-bond acceptors (Lipinski definition) is 6. The Labute approximate surface area is 161 Å². The van der Waals surface area contributed by atoms with Crippen molar-refractivity contribution in [3.05, 3.63) is 47.0 Å². The fourth-order valence-electron chi connectivity index (χ4n) is 2.15. The number of amides is 2. The van der Waals surface area contributed by atoms with Crippen molar-refractivity contribution in [3.63, 3.8) is 0 Å². The van der Waals surface area contributed by atoms with Crippen molar-refractivity contribution < 1.29 is 23.8 Å². The molecule has 0 spiro atoms. The Balaban J connectivity index is 2.02. The van der Waals surface area contributed by atoms with Crippen LogP contribution in [0.5, 0.6) is 17.2 Å². The maximum Gasteiger partial charge on any atom is 0.329 e. The molecular weight excluding hydrogens is 374 g/mol. The van der Waals surface area contributed by atoms with E-state index in [0.29, 0.717) is 33.5 Å². The summed E-state index contributed by atoms with van der Waals surface area (Å²) in [5, 5.41) is 6.49. The van der Waals surface area contributed by atoms with Crippen molar-refractivity contribution in [2.45, 2.75) is 0 Å². The van der Waals surface area contributed by atoms with Gasteiger partial charge in [-0.2, -0.15) is 5.10 Å². The van der Waals surface area contributed by atoms with E-state index in [-0.39, 0.29) is 0 Å². The quantitative estimate of drug-likeness (QED) is 0.447. The highest BCUT2D eigenvalue weighted by Gasteiger charge is 2.14. The second kappa shape index (κ2) is 9.44. The number of ether oxygens (including phenoxy) is 3. The molecule has 0 aliphatic carbocycles. The Morgan fingerprint density at radius 1 is 0.963 bits per heavy atom. The summed E-state index contributed by atoms with van der Waals surface area (Å²) in [4.78, 5) is 23.8. The van der Waals surface area contributed by atoms with Gasteiger partial charge in [0.2, 0.25) is 0 Å². The Morgan fingerprint density at radius 3 is 2.15 bits per heavy atom. The molecule has 0 heterocycles. The molecule has 0 unspecified atom stereocenters. The van der Waals surface area contributed by atoms with E-state index >= 15 is 0 Å². The largest absolute Gasteiger partial charge is 0.496 e. The zero-order chi connectivity index (χ0) is 19.8. The summed E-state index contributed by atoms with van der Waals surface area (Å²) in [7, 11) is 4.47. The van der Waals surface area contributed by atoms with E-state index in [1.807, 2.05) is 0 Å². The molecule has 2 aromatic rings. The van der Waals surface area contributed by atoms with Crippen LogP contribution in [0.4, 0.5) is 5.69 Å². The lowest BCUT2D eigenvalue weighted by atomic mass is 10.2. The number of anilines is 1. The van der Waals surface area contributed by atoms with Crippen LogP contribution in [0, 0.1) is 0 Å². The van der Waals surface area contributed by atoms with Gasteiger partial charge in [-0.1, -0.05) is 17.7 Å². The number of benzene rings is 2. The topological polar surface area (TPSA) is 98.2 Å². The van der Waals surface area contributed by atoms with Crippen molar-refractivity contribution in [2.24, 2.45) is 5.10 Å². The summed E-state index contributed by atoms with van der Waals surface area (Å²) in [6, 6.07) is 9.77. The third kappa shape index (κ3) is 5.11. The lowest BCUT2D eigenvalue weighted by molar-refractivity contribution is -0.136. The van der Waals surface area contributed by atoms with Crippen molar-refractivity contribution in [1.29, 1.82) is 0 Å². The van der Waals surface area contributed by atoms with Crippen molar-refractivity contribution in [3.8, 4) is 17.2 Å². The number of carbonyl (C=O) groups is 2. The first-order valence-electron chi connectivity index (χ1n) is 7.69. The highest BCUT2D eigenvalue weighted by Crippen LogP contribution is 2.27. The first-order valence-corrected chi connectivity index (χ1v) is 8.06. The molecule has 0 bridgehead atoms. The van der Waals surface area contributed by atoms with Gasteiger partial charge in [-0.25, -0.2) is 5.43 Å². The molecule has 0 fully saturated rings. The predicted molar refractivity (Wildman–Crippen MR) is 102 cm³/mol. The Kier molecular flexibility index (Phi) is 7.01. The smallest absolute Gasteiger partial charge is 0.329 e. The molecule has 27 heavy (non-hydrogen) atoms. The maximum atomic E-state index is 11.9. The van der Waals surface area contributed by atoms with Gasteiger partial charge in [-0.05, 0) is 30.3 Å². The SMILES string of the molecule is COc1ccc(NC(=O)C(=O)N/N=C\c2c(OC)cccc2OC)cc1Cl. The molecule has 9 heteroatoms. The van der Waals surface area contributed by atoms with Crippen LogP contribution in [-0.2, 0) is 9.59 Å². The van der Waals surface area contributed by atoms with E-state index in [1.165, 1.54) is 33.6 Å². The average molecular weight is 392 g/mol. The molecule has 0 aromatic heterocycles. The molecule has 0 atom stereocenters. The van der Waals surface area contributed by atoms with Gasteiger partial charge in [0.15, 0.2) is 0 Å². The summed E-state index contributed by atoms with van der Waals surface area (Å²) in [5.41, 5.74) is 3.00. The van der Waals surface area contributed by atoms with Gasteiger partial charge in [0, 0.05) is 5.69 Å². The standard InChI is InChI=1S/C18H18ClN3O5/c1-25-14-5-4-6-15(26-2)12(14)10-20-22-18(24)17(23)21-11-7-8-16(27-3)13(19)9-11/h4-10H,1-3H3,(H,21,23)(H,22,24)/b20-10-. The number of hydrogen-bond donors (Lipinski definition) is 2. The van der Waals surface area contributed by atoms with Crippen LogP contribution < -0.4 is 25.0 Å². The van der Waals surface area contributed by atoms with Crippen LogP contribution >= 0.6 is 11.6 Å². The summed E-state index contributed by atoms with van der Waals surface area (Å²) < 4.78 is 15.5. The lowest BCUT2D eigenvalue weighted by Gasteiger charge is -2.09. The molecule has 0 radical (unpaired) electrons. The molecule has 2 amide bonds. The van der Waals surface area contributed by atoms with Gasteiger partial charge in [0.1, 0.15) is 17.2 Å². The molecule has 0 saturated carbocycles. The first kappa shape index (κ1) is 20.1. The number of rotatable bonds is 6. The summed E-state index contributed by atoms with van der Waals surface area (Å²) in [6.45, 7) is 0. The molecule has 0 aliphatic rings. The maximum absolute atomic E-state index is 11.9. The van der Waals surface area contributed by atoms with Crippen LogP contribution in [0.25, 0.3) is 0 Å². The van der Waals surface area contributed by atoms with Gasteiger partial charge in [-0.3, -0.25) is 9.59 Å². The van der Waals surface area contributed by atoms with E-state index in [4.69, 9.17) is 25.8 Å². The monoisotopic (exact) mass is 391 g/mol. The minimum atomic E-state index is -0.952. The van der Waals surface area contributed by atoms with Crippen LogP contribution in [-0.4, -0.2) is 39.4 Å². The van der Waals surface area contributed by atoms with E-state index < -0.39 is 11.8 Å². The molecule has 2 N–H and O–H groups in total. The Bertz CT molecular complexity index is 848. The van der Waals surface area contributed by atoms with E-state index in [2.05, 4.69) is 15.8 Å². The zero-order valence-corrected chi connectivity index (χ0v) is 15.7. The van der Waals surface area contributed by atoms with E-state index in [9.17, 15) is 9.59 Å². The third-order valence-electron chi connectivity index (χ3n) is 3.44. The molecule has 0 saturated heterocycles. The lowest BCUT2D eigenvalue weighted by Crippen LogP contribution is -2.32. The number of halogens is 1. The second-order valence-corrected chi connectivity index (χ2v) is 5.49. The normalized spacial score (nSPS) is 10.4. The van der Waals surface area contributed by atoms with Crippen LogP contribution in [0.15, 0.2) is 41.5 Å². The van der Waals surface area contributed by atoms with E-state index in [0.717, 1.165) is 0 Å². The van der Waals surface area contributed by atoms with Crippen LogP contribution in [0.3, 0.4) is 0 Å². The zero-order valence-electron chi connectivity index (χ0n) is 14.9. The highest BCUT2D eigenvalue weighted by atomic mass is 35.5. The average Bonchev–Trinajstić information content (AvgIpc) is 2.67. The fourth-order valence-corrected chi connectivity index (χ4v) is 2.40. The molecule has 2 aromatic carbocycles. The highest BCUT2D eigenvalue weighted by molar-refractivity contribution is 6.40. The van der Waals surface area contributed by atoms with Crippen molar-refractivity contribution >= 4 is 35.3 Å². The van der Waals surface area contributed by atoms with E-state index in [1.54, 1.807) is 30.3 Å². The number of nitrogens with zero attached hydrogens (tertiary/aromatic N) is 1. The number of hydrazone groups is 1. The van der Waals surface area contributed by atoms with Gasteiger partial charge in [0.25, 0.3) is 0 Å². The van der Waals surface area contributed by atoms with Crippen LogP contribution in [0.1, 0.15) is 5.56 Å². The second-order valence-electron chi connectivity index (χ2n) is 5.08. The predicted octanol–water partition coefficient (Wildman–Crippen LogP) is 2.45. The molecule has 0 aliphatic heterocycles. The molecule has 2 rings (SSSR count). The Morgan fingerprint density at radius 2 is 1.59 bits per heavy atom. The molecular formula is C18H18ClN3O5. The summed E-state index contributed by atoms with van der Waals surface area (Å²) in [6.07, 6.45) is 1.33. The summed E-state index contributed by atoms with van der Waals surface area (Å²) >= 11 is 5.98. The third-order valence-corrected chi connectivity index (χ3v) is 3.74. The summed E-state index contributed by atoms with van der Waals surface area (Å²) in [5.74, 6) is -0.392. The number of nitrogens with one attached hydrogen (secondary N) is 2. The minimum Gasteiger partial charge on any atom is -0.496 e. The minimum absolute atomic E-state index is 0.303. The van der Waals surface area contributed by atoms with Crippen molar-refractivity contribution in [2.75, 3.05) is 26.6 Å². The Hall–Kier alpha value is -3.26. The first-order chi connectivity index (χ1) is 13.0. The number of methoxy groups -OCH3 is 3. The fraction of sp³-hybridized carbons (Fsp3) is 0.167. The van der Waals surface area contributed by atoms with Gasteiger partial charge in [-0.15, -0.1) is 0 Å². The van der Waals surface area contributed by atoms with Crippen LogP contribution in [0.2, 0.25) is 5.02 Å². The van der Waals surface area contributed by atoms with Gasteiger partial charge in [0.05, 0.1) is 38.1 Å².